The fourth-order valence-corrected chi connectivity index (χ4v) is 13.6. The summed E-state index contributed by atoms with van der Waals surface area (Å²) in [5.41, 5.74) is 10.5. The number of ether oxygens (including phenoxy) is 2. The fraction of sp³-hybridized carbons (Fsp3) is 0.267. The molecule has 3 aliphatic rings. The van der Waals surface area contributed by atoms with Gasteiger partial charge in [0.25, 0.3) is 35.4 Å². The Morgan fingerprint density at radius 3 is 1.16 bits per heavy atom. The molecule has 0 saturated heterocycles. The lowest BCUT2D eigenvalue weighted by atomic mass is 10.0. The lowest BCUT2D eigenvalue weighted by molar-refractivity contribution is 0.0591. The summed E-state index contributed by atoms with van der Waals surface area (Å²) in [5, 5.41) is 58.8. The standard InChI is InChI=1S/C31H26FN7O5.C28H30FN5O5.C27H28FN5O5/c1-17-13-18(7-11-22(17)32)16-33-28(40)25-15-26(36-31(35-25)44-39-27-6-4-3-5-24(27)37-38-39)29(41)34-23-12-9-19-14-20(30(42)43-2)8-10-21(19)23;1-15-10-17(4-8-21(15)29)13-30-25(36)23-12-24(34-28(33-23)31-16(2)14-35)26(37)32-22-9-6-18-11-19(27(38)39-3)5-7-20(18)22;1-14-9-16(3-7-20(14)28)12-29-24(35)22-11-23(33-27(32-22)30-15(2)13-34)25(36)31-21-8-5-17-10-18(26(37)38)4-6-19(17)21/h3-8,10-11,13-15,23H,9,12,16H2,1-2H3,(H,33,40)(H,34,41);4-5,7-8,10-12,16,22,35H,6,9,13-14H2,1-3H3,(H,30,36)(H,32,37)(H,31,33,34);3-4,6-7,9-11,15,21,34H,5,8,12-13H2,1-2H3,(H,29,35)(H,31,36)(H,37,38)(H,30,32,33)/t23-;16-,22+;15-,21+/m011/s1. The number of anilines is 2. The maximum absolute atomic E-state index is 13.7. The Bertz CT molecular complexity index is 5840. The van der Waals surface area contributed by atoms with Crippen LogP contribution in [0.2, 0.25) is 0 Å². The number of aliphatic hydroxyl groups excluding tert-OH is 2. The molecule has 4 aromatic heterocycles. The molecule has 0 bridgehead atoms. The number of esters is 2. The minimum Gasteiger partial charge on any atom is -0.478 e. The van der Waals surface area contributed by atoms with Crippen LogP contribution in [-0.4, -0.2) is 153 Å². The van der Waals surface area contributed by atoms with Gasteiger partial charge in [-0.1, -0.05) is 71.6 Å². The van der Waals surface area contributed by atoms with Crippen molar-refractivity contribution in [1.82, 2.24) is 77.0 Å². The first kappa shape index (κ1) is 85.9. The fourth-order valence-electron chi connectivity index (χ4n) is 13.6. The van der Waals surface area contributed by atoms with E-state index in [2.05, 4.69) is 82.8 Å². The summed E-state index contributed by atoms with van der Waals surface area (Å²) in [6.45, 7) is 8.21. The third kappa shape index (κ3) is 21.5. The Balaban J connectivity index is 0.000000167. The van der Waals surface area contributed by atoms with Gasteiger partial charge < -0.3 is 72.2 Å². The molecule has 7 aromatic carbocycles. The summed E-state index contributed by atoms with van der Waals surface area (Å²) < 4.78 is 50.4. The zero-order valence-corrected chi connectivity index (χ0v) is 66.5. The molecule has 0 saturated carbocycles. The third-order valence-corrected chi connectivity index (χ3v) is 20.0. The third-order valence-electron chi connectivity index (χ3n) is 20.0. The maximum atomic E-state index is 13.7. The van der Waals surface area contributed by atoms with Crippen molar-refractivity contribution in [2.75, 3.05) is 38.1 Å². The van der Waals surface area contributed by atoms with Gasteiger partial charge in [-0.05, 0) is 212 Å². The number of aliphatic hydroxyl groups is 2. The number of carboxylic acid groups (broad SMARTS) is 1. The molecule has 0 aliphatic heterocycles. The Morgan fingerprint density at radius 1 is 0.446 bits per heavy atom. The summed E-state index contributed by atoms with van der Waals surface area (Å²) in [6.07, 6.45) is 3.77. The van der Waals surface area contributed by atoms with E-state index in [0.29, 0.717) is 94.1 Å². The van der Waals surface area contributed by atoms with Crippen LogP contribution in [0.15, 0.2) is 152 Å². The highest BCUT2D eigenvalue weighted by atomic mass is 19.1. The number of aromatic nitrogens is 9. The average Bonchev–Trinajstić information content (AvgIpc) is 1.72. The molecular formula is C86H84F3N17O15. The molecule has 121 heavy (non-hydrogen) atoms. The van der Waals surface area contributed by atoms with Crippen molar-refractivity contribution in [2.45, 2.75) is 123 Å². The van der Waals surface area contributed by atoms with E-state index in [1.54, 1.807) is 144 Å². The number of carbonyl (C=O) groups is 9. The van der Waals surface area contributed by atoms with Gasteiger partial charge in [0.1, 0.15) is 62.6 Å². The van der Waals surface area contributed by atoms with E-state index in [-0.39, 0.29) is 126 Å². The second kappa shape index (κ2) is 38.7. The van der Waals surface area contributed by atoms with E-state index in [1.165, 1.54) is 56.7 Å². The molecule has 3 aliphatic carbocycles. The highest BCUT2D eigenvalue weighted by Crippen LogP contribution is 2.36. The molecule has 4 heterocycles. The molecule has 0 spiro atoms. The monoisotopic (exact) mass is 1650 g/mol. The highest BCUT2D eigenvalue weighted by Gasteiger charge is 2.32. The van der Waals surface area contributed by atoms with E-state index in [0.717, 1.165) is 38.2 Å². The van der Waals surface area contributed by atoms with Crippen molar-refractivity contribution in [1.29, 1.82) is 0 Å². The SMILES string of the molecule is COC(=O)c1ccc2c(c1)CC[C@@H]2NC(=O)c1cc(C(=O)NCc2ccc(F)c(C)c2)nc(N[C@H](C)CO)n1.COC(=O)c1ccc2c(c1)CC[C@@H]2NC(=O)c1cc(C(=O)NCc2ccc(F)c(C)c2)nc(On2nnc3ccccc32)n1.Cc1cc(CNC(=O)c2cc(C(=O)N[C@H]3CCc4cc(C(=O)O)ccc43)nc(N[C@H](C)CO)n2)ccc1F. The number of aromatic carboxylic acids is 1. The predicted octanol–water partition coefficient (Wildman–Crippen LogP) is 9.26. The van der Waals surface area contributed by atoms with E-state index in [4.69, 9.17) is 14.3 Å². The number of hydrogen-bond acceptors (Lipinski definition) is 24. The van der Waals surface area contributed by atoms with Crippen LogP contribution in [0.1, 0.15) is 212 Å². The molecule has 14 rings (SSSR count). The number of methoxy groups -OCH3 is 2. The van der Waals surface area contributed by atoms with Crippen LogP contribution in [0.4, 0.5) is 25.1 Å². The van der Waals surface area contributed by atoms with Gasteiger partial charge in [0.15, 0.2) is 0 Å². The van der Waals surface area contributed by atoms with Gasteiger partial charge in [-0.2, -0.15) is 9.97 Å². The summed E-state index contributed by atoms with van der Waals surface area (Å²) >= 11 is 0. The van der Waals surface area contributed by atoms with Crippen LogP contribution < -0.4 is 47.4 Å². The number of hydrogen-bond donors (Lipinski definition) is 11. The number of carbonyl (C=O) groups excluding carboxylic acids is 8. The van der Waals surface area contributed by atoms with Crippen molar-refractivity contribution >= 4 is 76.3 Å². The molecule has 0 fully saturated rings. The van der Waals surface area contributed by atoms with E-state index in [1.807, 2.05) is 0 Å². The number of para-hydroxylation sites is 1. The largest absolute Gasteiger partial charge is 0.478 e. The van der Waals surface area contributed by atoms with Crippen molar-refractivity contribution in [2.24, 2.45) is 0 Å². The molecule has 5 atom stereocenters. The first-order valence-corrected chi connectivity index (χ1v) is 38.3. The number of nitrogens with one attached hydrogen (secondary N) is 8. The minimum atomic E-state index is -1.02. The van der Waals surface area contributed by atoms with Crippen LogP contribution in [0.3, 0.4) is 0 Å². The Labute approximate surface area is 689 Å². The van der Waals surface area contributed by atoms with Crippen molar-refractivity contribution < 1.29 is 86.0 Å². The Morgan fingerprint density at radius 2 is 0.793 bits per heavy atom. The van der Waals surface area contributed by atoms with Crippen LogP contribution >= 0.6 is 0 Å². The summed E-state index contributed by atoms with van der Waals surface area (Å²) in [5.74, 6) is -6.18. The van der Waals surface area contributed by atoms with E-state index in [9.17, 15) is 71.6 Å². The highest BCUT2D eigenvalue weighted by molar-refractivity contribution is 6.00. The normalized spacial score (nSPS) is 14.4. The molecule has 11 N–H and O–H groups in total. The number of nitrogens with zero attached hydrogens (tertiary/aromatic N) is 9. The smallest absolute Gasteiger partial charge is 0.347 e. The van der Waals surface area contributed by atoms with Gasteiger partial charge in [0, 0.05) is 49.9 Å². The Hall–Kier alpha value is -14.5. The summed E-state index contributed by atoms with van der Waals surface area (Å²) in [7, 11) is 2.64. The first-order chi connectivity index (χ1) is 58.1. The molecule has 32 nitrogen and oxygen atoms in total. The number of benzene rings is 7. The zero-order chi connectivity index (χ0) is 86.3. The van der Waals surface area contributed by atoms with E-state index >= 15 is 0 Å². The Kier molecular flexibility index (Phi) is 27.5. The van der Waals surface area contributed by atoms with Gasteiger partial charge in [-0.3, -0.25) is 28.8 Å². The molecule has 11 aromatic rings. The van der Waals surface area contributed by atoms with Crippen LogP contribution in [0, 0.1) is 38.2 Å². The second-order valence-electron chi connectivity index (χ2n) is 28.9. The number of carboxylic acids is 1. The summed E-state index contributed by atoms with van der Waals surface area (Å²) in [4.78, 5) is 146. The average molecular weight is 1650 g/mol. The first-order valence-electron chi connectivity index (χ1n) is 38.3. The van der Waals surface area contributed by atoms with Gasteiger partial charge in [0.05, 0.1) is 62.2 Å². The number of halogens is 3. The van der Waals surface area contributed by atoms with Crippen LogP contribution in [-0.2, 0) is 48.4 Å². The lowest BCUT2D eigenvalue weighted by Gasteiger charge is -2.16. The van der Waals surface area contributed by atoms with E-state index < -0.39 is 65.4 Å². The lowest BCUT2D eigenvalue weighted by Crippen LogP contribution is -2.31. The summed E-state index contributed by atoms with van der Waals surface area (Å²) in [6, 6.07) is 37.6. The number of rotatable bonds is 26. The number of fused-ring (bicyclic) bond motifs is 4. The van der Waals surface area contributed by atoms with Crippen LogP contribution in [0.25, 0.3) is 11.0 Å². The van der Waals surface area contributed by atoms with Gasteiger partial charge in [0.2, 0.25) is 11.9 Å². The minimum absolute atomic E-state index is 0.0000938. The predicted molar refractivity (Wildman–Crippen MR) is 431 cm³/mol. The molecule has 35 heteroatoms. The molecule has 6 amide bonds. The second-order valence-corrected chi connectivity index (χ2v) is 28.9. The molecule has 0 unspecified atom stereocenters. The van der Waals surface area contributed by atoms with Crippen molar-refractivity contribution in [3.8, 4) is 6.01 Å². The quantitative estimate of drug-likeness (QED) is 0.0225. The molecule has 0 radical (unpaired) electrons. The molecular weight excluding hydrogens is 1570 g/mol. The van der Waals surface area contributed by atoms with Gasteiger partial charge >= 0.3 is 23.9 Å². The maximum Gasteiger partial charge on any atom is 0.347 e. The molecule has 624 valence electrons. The van der Waals surface area contributed by atoms with Crippen molar-refractivity contribution in [3.63, 3.8) is 0 Å². The zero-order valence-electron chi connectivity index (χ0n) is 66.5. The van der Waals surface area contributed by atoms with Crippen molar-refractivity contribution in [3.05, 3.63) is 287 Å². The number of aryl methyl sites for hydroxylation is 6. The number of amides is 6. The topological polar surface area (TPSA) is 446 Å². The van der Waals surface area contributed by atoms with Gasteiger partial charge in [-0.25, -0.2) is 47.5 Å². The van der Waals surface area contributed by atoms with Crippen LogP contribution in [0.5, 0.6) is 6.01 Å². The van der Waals surface area contributed by atoms with Gasteiger partial charge in [-0.15, -0.1) is 5.10 Å².